The van der Waals surface area contributed by atoms with E-state index in [-0.39, 0.29) is 5.41 Å². The Labute approximate surface area is 142 Å². The van der Waals surface area contributed by atoms with Crippen molar-refractivity contribution in [1.82, 2.24) is 25.0 Å². The van der Waals surface area contributed by atoms with E-state index in [0.717, 1.165) is 24.9 Å². The lowest BCUT2D eigenvalue weighted by atomic mass is 9.92. The Kier molecular flexibility index (Phi) is 5.76. The molecule has 0 radical (unpaired) electrons. The molecule has 1 N–H and O–H groups in total. The van der Waals surface area contributed by atoms with E-state index in [1.807, 2.05) is 14.1 Å². The number of hydrogen-bond donors (Lipinski definition) is 1. The first kappa shape index (κ1) is 17.5. The normalized spacial score (nSPS) is 12.5. The first-order chi connectivity index (χ1) is 10.9. The van der Waals surface area contributed by atoms with Crippen LogP contribution < -0.4 is 5.32 Å². The number of nitrogens with zero attached hydrogens (tertiary/aromatic N) is 5. The summed E-state index contributed by atoms with van der Waals surface area (Å²) >= 11 is 1.78. The minimum Gasteiger partial charge on any atom is -0.357 e. The second-order valence-corrected chi connectivity index (χ2v) is 7.13. The van der Waals surface area contributed by atoms with Gasteiger partial charge in [-0.15, -0.1) is 11.3 Å². The van der Waals surface area contributed by atoms with Gasteiger partial charge in [-0.05, 0) is 18.4 Å². The molecule has 7 heteroatoms. The number of hydrogen-bond acceptors (Lipinski definition) is 4. The van der Waals surface area contributed by atoms with Crippen LogP contribution in [0.1, 0.15) is 31.5 Å². The highest BCUT2D eigenvalue weighted by atomic mass is 32.1. The maximum Gasteiger partial charge on any atom is 0.194 e. The number of aryl methyl sites for hydroxylation is 1. The zero-order valence-electron chi connectivity index (χ0n) is 14.6. The van der Waals surface area contributed by atoms with Gasteiger partial charge in [-0.25, -0.2) is 4.98 Å². The molecule has 0 aliphatic carbocycles. The highest BCUT2D eigenvalue weighted by Gasteiger charge is 2.22. The van der Waals surface area contributed by atoms with Gasteiger partial charge in [0.2, 0.25) is 0 Å². The number of aromatic nitrogens is 3. The molecule has 2 heterocycles. The quantitative estimate of drug-likeness (QED) is 0.650. The van der Waals surface area contributed by atoms with E-state index < -0.39 is 0 Å². The van der Waals surface area contributed by atoms with E-state index >= 15 is 0 Å². The van der Waals surface area contributed by atoms with Crippen molar-refractivity contribution in [3.8, 4) is 0 Å². The van der Waals surface area contributed by atoms with Crippen LogP contribution in [0.15, 0.2) is 28.8 Å². The SMILES string of the molecule is CCNC(=NCC(C)(C)c1cccs1)N(C)Cc1ncnn1C. The molecule has 0 aliphatic rings. The molecule has 0 aliphatic heterocycles. The van der Waals surface area contributed by atoms with Gasteiger partial charge in [0.15, 0.2) is 5.96 Å². The van der Waals surface area contributed by atoms with E-state index in [9.17, 15) is 0 Å². The Balaban J connectivity index is 2.09. The van der Waals surface area contributed by atoms with Crippen LogP contribution in [0.25, 0.3) is 0 Å². The minimum absolute atomic E-state index is 0.0282. The second kappa shape index (κ2) is 7.59. The van der Waals surface area contributed by atoms with Crippen LogP contribution in [0.3, 0.4) is 0 Å². The molecular formula is C16H26N6S. The van der Waals surface area contributed by atoms with Crippen molar-refractivity contribution < 1.29 is 0 Å². The average molecular weight is 334 g/mol. The zero-order valence-corrected chi connectivity index (χ0v) is 15.4. The van der Waals surface area contributed by atoms with E-state index in [4.69, 9.17) is 4.99 Å². The Morgan fingerprint density at radius 1 is 1.48 bits per heavy atom. The summed E-state index contributed by atoms with van der Waals surface area (Å²) in [4.78, 5) is 12.5. The Morgan fingerprint density at radius 2 is 2.26 bits per heavy atom. The predicted octanol–water partition coefficient (Wildman–Crippen LogP) is 2.25. The van der Waals surface area contributed by atoms with Gasteiger partial charge in [0.1, 0.15) is 12.2 Å². The summed E-state index contributed by atoms with van der Waals surface area (Å²) in [6.07, 6.45) is 1.58. The summed E-state index contributed by atoms with van der Waals surface area (Å²) < 4.78 is 1.79. The van der Waals surface area contributed by atoms with Crippen molar-refractivity contribution in [2.24, 2.45) is 12.0 Å². The molecule has 0 bridgehead atoms. The van der Waals surface area contributed by atoms with Crippen LogP contribution in [0.5, 0.6) is 0 Å². The maximum absolute atomic E-state index is 4.83. The Hall–Kier alpha value is -1.89. The zero-order chi connectivity index (χ0) is 16.9. The molecule has 0 spiro atoms. The lowest BCUT2D eigenvalue weighted by Gasteiger charge is -2.25. The van der Waals surface area contributed by atoms with Crippen molar-refractivity contribution in [3.05, 3.63) is 34.5 Å². The lowest BCUT2D eigenvalue weighted by Crippen LogP contribution is -2.40. The Morgan fingerprint density at radius 3 is 2.83 bits per heavy atom. The standard InChI is InChI=1S/C16H26N6S/c1-6-17-15(21(4)10-14-19-12-20-22(14)5)18-11-16(2,3)13-8-7-9-23-13/h7-9,12H,6,10-11H2,1-5H3,(H,17,18). The fourth-order valence-corrected chi connectivity index (χ4v) is 3.08. The average Bonchev–Trinajstić information content (AvgIpc) is 3.16. The second-order valence-electron chi connectivity index (χ2n) is 6.19. The van der Waals surface area contributed by atoms with Crippen LogP contribution in [-0.2, 0) is 19.0 Å². The van der Waals surface area contributed by atoms with Gasteiger partial charge in [0, 0.05) is 30.9 Å². The predicted molar refractivity (Wildman–Crippen MR) is 95.8 cm³/mol. The third kappa shape index (κ3) is 4.54. The molecule has 0 amide bonds. The smallest absolute Gasteiger partial charge is 0.194 e. The third-order valence-electron chi connectivity index (χ3n) is 3.69. The van der Waals surface area contributed by atoms with Crippen molar-refractivity contribution in [2.45, 2.75) is 32.7 Å². The summed E-state index contributed by atoms with van der Waals surface area (Å²) in [5.74, 6) is 1.80. The number of nitrogens with one attached hydrogen (secondary N) is 1. The molecule has 2 aromatic rings. The van der Waals surface area contributed by atoms with Crippen molar-refractivity contribution in [2.75, 3.05) is 20.1 Å². The van der Waals surface area contributed by atoms with Crippen LogP contribution in [-0.4, -0.2) is 45.8 Å². The van der Waals surface area contributed by atoms with Crippen LogP contribution in [0.2, 0.25) is 0 Å². The number of rotatable bonds is 6. The van der Waals surface area contributed by atoms with Gasteiger partial charge >= 0.3 is 0 Å². The number of thiophene rings is 1. The van der Waals surface area contributed by atoms with Gasteiger partial charge in [-0.3, -0.25) is 9.67 Å². The van der Waals surface area contributed by atoms with Gasteiger partial charge in [-0.1, -0.05) is 19.9 Å². The monoisotopic (exact) mass is 334 g/mol. The number of guanidine groups is 1. The molecule has 0 unspecified atom stereocenters. The molecule has 126 valence electrons. The molecule has 6 nitrogen and oxygen atoms in total. The highest BCUT2D eigenvalue weighted by Crippen LogP contribution is 2.27. The van der Waals surface area contributed by atoms with E-state index in [2.05, 4.69) is 58.6 Å². The third-order valence-corrected chi connectivity index (χ3v) is 4.93. The largest absolute Gasteiger partial charge is 0.357 e. The van der Waals surface area contributed by atoms with Crippen molar-refractivity contribution in [3.63, 3.8) is 0 Å². The van der Waals surface area contributed by atoms with Crippen LogP contribution in [0, 0.1) is 0 Å². The molecule has 0 atom stereocenters. The van der Waals surface area contributed by atoms with Crippen LogP contribution >= 0.6 is 11.3 Å². The summed E-state index contributed by atoms with van der Waals surface area (Å²) in [5, 5.41) is 9.59. The fraction of sp³-hybridized carbons (Fsp3) is 0.562. The van der Waals surface area contributed by atoms with Gasteiger partial charge in [0.05, 0.1) is 13.1 Å². The fourth-order valence-electron chi connectivity index (χ4n) is 2.23. The van der Waals surface area contributed by atoms with Crippen LogP contribution in [0.4, 0.5) is 0 Å². The molecule has 2 rings (SSSR count). The van der Waals surface area contributed by atoms with Gasteiger partial charge in [-0.2, -0.15) is 5.10 Å². The highest BCUT2D eigenvalue weighted by molar-refractivity contribution is 7.10. The molecule has 0 aromatic carbocycles. The summed E-state index contributed by atoms with van der Waals surface area (Å²) in [6.45, 7) is 8.78. The Bertz CT molecular complexity index is 629. The topological polar surface area (TPSA) is 58.3 Å². The van der Waals surface area contributed by atoms with Crippen molar-refractivity contribution in [1.29, 1.82) is 0 Å². The van der Waals surface area contributed by atoms with E-state index in [0.29, 0.717) is 6.54 Å². The first-order valence-corrected chi connectivity index (χ1v) is 8.68. The summed E-state index contributed by atoms with van der Waals surface area (Å²) in [7, 11) is 3.93. The summed E-state index contributed by atoms with van der Waals surface area (Å²) in [5.41, 5.74) is 0.0282. The van der Waals surface area contributed by atoms with E-state index in [1.165, 1.54) is 4.88 Å². The maximum atomic E-state index is 4.83. The first-order valence-electron chi connectivity index (χ1n) is 7.80. The molecule has 23 heavy (non-hydrogen) atoms. The molecular weight excluding hydrogens is 308 g/mol. The minimum atomic E-state index is 0.0282. The molecule has 0 fully saturated rings. The van der Waals surface area contributed by atoms with Gasteiger partial charge in [0.25, 0.3) is 0 Å². The number of aliphatic imine (C=N–C) groups is 1. The molecule has 2 aromatic heterocycles. The molecule has 0 saturated carbocycles. The van der Waals surface area contributed by atoms with Crippen molar-refractivity contribution >= 4 is 17.3 Å². The summed E-state index contributed by atoms with van der Waals surface area (Å²) in [6, 6.07) is 4.27. The lowest BCUT2D eigenvalue weighted by molar-refractivity contribution is 0.443. The van der Waals surface area contributed by atoms with Gasteiger partial charge < -0.3 is 10.2 Å². The molecule has 0 saturated heterocycles. The van der Waals surface area contributed by atoms with E-state index in [1.54, 1.807) is 22.3 Å².